The van der Waals surface area contributed by atoms with Gasteiger partial charge < -0.3 is 10.1 Å². The number of rotatable bonds is 5. The number of nitrogens with one attached hydrogen (secondary N) is 1. The van der Waals surface area contributed by atoms with Gasteiger partial charge >= 0.3 is 0 Å². The number of methoxy groups -OCH3 is 1. The summed E-state index contributed by atoms with van der Waals surface area (Å²) in [6, 6.07) is 9.57. The van der Waals surface area contributed by atoms with Crippen LogP contribution >= 0.6 is 0 Å². The molecule has 17 heavy (non-hydrogen) atoms. The molecular weight excluding hydrogens is 214 g/mol. The standard InChI is InChI=1S/C13H15N3O/c1-3-11(7-8-14)16-13-10(9-15)5-4-6-12(13)17-2/h4-6,11,16H,3,7H2,1-2H3. The number of hydrogen-bond donors (Lipinski definition) is 1. The lowest BCUT2D eigenvalue weighted by atomic mass is 10.1. The molecule has 0 aromatic heterocycles. The van der Waals surface area contributed by atoms with Gasteiger partial charge in [-0.25, -0.2) is 0 Å². The number of nitriles is 2. The summed E-state index contributed by atoms with van der Waals surface area (Å²) in [5.41, 5.74) is 1.19. The summed E-state index contributed by atoms with van der Waals surface area (Å²) in [6.07, 6.45) is 1.22. The van der Waals surface area contributed by atoms with Crippen molar-refractivity contribution in [2.45, 2.75) is 25.8 Å². The Bertz CT molecular complexity index is 457. The van der Waals surface area contributed by atoms with E-state index in [0.29, 0.717) is 23.4 Å². The van der Waals surface area contributed by atoms with Gasteiger partial charge in [0.25, 0.3) is 0 Å². The van der Waals surface area contributed by atoms with Crippen LogP contribution in [0.5, 0.6) is 5.75 Å². The molecule has 0 radical (unpaired) electrons. The number of nitrogens with zero attached hydrogens (tertiary/aromatic N) is 2. The average Bonchev–Trinajstić information content (AvgIpc) is 2.38. The van der Waals surface area contributed by atoms with Gasteiger partial charge in [0.2, 0.25) is 0 Å². The van der Waals surface area contributed by atoms with E-state index in [2.05, 4.69) is 17.5 Å². The maximum absolute atomic E-state index is 9.04. The second-order valence-corrected chi connectivity index (χ2v) is 3.61. The van der Waals surface area contributed by atoms with E-state index in [1.54, 1.807) is 25.3 Å². The number of ether oxygens (including phenoxy) is 1. The Morgan fingerprint density at radius 1 is 1.41 bits per heavy atom. The van der Waals surface area contributed by atoms with E-state index in [9.17, 15) is 0 Å². The van der Waals surface area contributed by atoms with Crippen LogP contribution in [0, 0.1) is 22.7 Å². The molecule has 0 bridgehead atoms. The molecule has 0 saturated carbocycles. The molecule has 1 rings (SSSR count). The third kappa shape index (κ3) is 3.12. The minimum atomic E-state index is 0.0309. The van der Waals surface area contributed by atoms with Crippen LogP contribution in [0.25, 0.3) is 0 Å². The van der Waals surface area contributed by atoms with E-state index in [0.717, 1.165) is 6.42 Å². The smallest absolute Gasteiger partial charge is 0.143 e. The number of para-hydroxylation sites is 1. The summed E-state index contributed by atoms with van der Waals surface area (Å²) in [5.74, 6) is 0.625. The van der Waals surface area contributed by atoms with E-state index >= 15 is 0 Å². The van der Waals surface area contributed by atoms with Crippen molar-refractivity contribution < 1.29 is 4.74 Å². The maximum atomic E-state index is 9.04. The quantitative estimate of drug-likeness (QED) is 0.842. The van der Waals surface area contributed by atoms with Crippen molar-refractivity contribution in [1.82, 2.24) is 0 Å². The van der Waals surface area contributed by atoms with Crippen LogP contribution in [-0.4, -0.2) is 13.2 Å². The number of hydrogen-bond acceptors (Lipinski definition) is 4. The van der Waals surface area contributed by atoms with Crippen molar-refractivity contribution in [3.8, 4) is 17.9 Å². The van der Waals surface area contributed by atoms with Crippen LogP contribution in [0.2, 0.25) is 0 Å². The zero-order chi connectivity index (χ0) is 12.7. The van der Waals surface area contributed by atoms with Gasteiger partial charge in [0.05, 0.1) is 30.9 Å². The highest BCUT2D eigenvalue weighted by atomic mass is 16.5. The van der Waals surface area contributed by atoms with Crippen LogP contribution in [0.1, 0.15) is 25.3 Å². The molecule has 1 aromatic carbocycles. The van der Waals surface area contributed by atoms with E-state index in [1.807, 2.05) is 6.92 Å². The Balaban J connectivity index is 3.03. The summed E-state index contributed by atoms with van der Waals surface area (Å²) < 4.78 is 5.21. The Kier molecular flexibility index (Phi) is 4.84. The van der Waals surface area contributed by atoms with Crippen LogP contribution in [-0.2, 0) is 0 Å². The SMILES string of the molecule is CCC(CC#N)Nc1c(C#N)cccc1OC. The number of benzene rings is 1. The summed E-state index contributed by atoms with van der Waals surface area (Å²) in [7, 11) is 1.56. The minimum absolute atomic E-state index is 0.0309. The van der Waals surface area contributed by atoms with Crippen molar-refractivity contribution in [2.75, 3.05) is 12.4 Å². The van der Waals surface area contributed by atoms with E-state index in [4.69, 9.17) is 15.3 Å². The summed E-state index contributed by atoms with van der Waals surface area (Å²) in [5, 5.41) is 21.0. The molecule has 0 amide bonds. The zero-order valence-corrected chi connectivity index (χ0v) is 10.0. The van der Waals surface area contributed by atoms with Crippen molar-refractivity contribution in [2.24, 2.45) is 0 Å². The molecule has 4 nitrogen and oxygen atoms in total. The van der Waals surface area contributed by atoms with E-state index in [-0.39, 0.29) is 6.04 Å². The minimum Gasteiger partial charge on any atom is -0.495 e. The second kappa shape index (κ2) is 6.40. The predicted molar refractivity (Wildman–Crippen MR) is 65.6 cm³/mol. The van der Waals surface area contributed by atoms with Gasteiger partial charge in [0.15, 0.2) is 0 Å². The Hall–Kier alpha value is -2.20. The fourth-order valence-electron chi connectivity index (χ4n) is 1.56. The predicted octanol–water partition coefficient (Wildman–Crippen LogP) is 2.67. The monoisotopic (exact) mass is 229 g/mol. The maximum Gasteiger partial charge on any atom is 0.143 e. The molecule has 0 aliphatic heterocycles. The van der Waals surface area contributed by atoms with Crippen LogP contribution < -0.4 is 10.1 Å². The second-order valence-electron chi connectivity index (χ2n) is 3.61. The molecule has 0 spiro atoms. The summed E-state index contributed by atoms with van der Waals surface area (Å²) >= 11 is 0. The van der Waals surface area contributed by atoms with E-state index in [1.165, 1.54) is 0 Å². The lowest BCUT2D eigenvalue weighted by molar-refractivity contribution is 0.415. The molecule has 0 saturated heterocycles. The normalized spacial score (nSPS) is 11.1. The van der Waals surface area contributed by atoms with Crippen LogP contribution in [0.15, 0.2) is 18.2 Å². The topological polar surface area (TPSA) is 68.8 Å². The highest BCUT2D eigenvalue weighted by molar-refractivity contribution is 5.66. The lowest BCUT2D eigenvalue weighted by Crippen LogP contribution is -2.18. The lowest BCUT2D eigenvalue weighted by Gasteiger charge is -2.18. The van der Waals surface area contributed by atoms with E-state index < -0.39 is 0 Å². The zero-order valence-electron chi connectivity index (χ0n) is 10.0. The van der Waals surface area contributed by atoms with Crippen molar-refractivity contribution in [3.05, 3.63) is 23.8 Å². The number of anilines is 1. The Morgan fingerprint density at radius 2 is 2.18 bits per heavy atom. The molecule has 1 aromatic rings. The summed E-state index contributed by atoms with van der Waals surface area (Å²) in [6.45, 7) is 2.00. The summed E-state index contributed by atoms with van der Waals surface area (Å²) in [4.78, 5) is 0. The molecule has 1 N–H and O–H groups in total. The molecule has 1 unspecified atom stereocenters. The largest absolute Gasteiger partial charge is 0.495 e. The van der Waals surface area contributed by atoms with Crippen molar-refractivity contribution in [3.63, 3.8) is 0 Å². The Labute approximate surface area is 101 Å². The Morgan fingerprint density at radius 3 is 2.71 bits per heavy atom. The first-order chi connectivity index (χ1) is 8.26. The molecular formula is C13H15N3O. The van der Waals surface area contributed by atoms with Gasteiger partial charge in [-0.05, 0) is 18.6 Å². The fourth-order valence-corrected chi connectivity index (χ4v) is 1.56. The van der Waals surface area contributed by atoms with Crippen molar-refractivity contribution in [1.29, 1.82) is 10.5 Å². The average molecular weight is 229 g/mol. The first kappa shape index (κ1) is 12.9. The van der Waals surface area contributed by atoms with Gasteiger partial charge in [-0.2, -0.15) is 10.5 Å². The first-order valence-corrected chi connectivity index (χ1v) is 5.47. The third-order valence-corrected chi connectivity index (χ3v) is 2.55. The molecule has 0 fully saturated rings. The molecule has 4 heteroatoms. The molecule has 0 aliphatic carbocycles. The molecule has 1 atom stereocenters. The molecule has 88 valence electrons. The van der Waals surface area contributed by atoms with Crippen LogP contribution in [0.4, 0.5) is 5.69 Å². The van der Waals surface area contributed by atoms with Crippen molar-refractivity contribution >= 4 is 5.69 Å². The highest BCUT2D eigenvalue weighted by Gasteiger charge is 2.13. The van der Waals surface area contributed by atoms with Gasteiger partial charge in [0, 0.05) is 6.04 Å². The fraction of sp³-hybridized carbons (Fsp3) is 0.385. The molecule has 0 aliphatic rings. The van der Waals surface area contributed by atoms with Crippen LogP contribution in [0.3, 0.4) is 0 Å². The van der Waals surface area contributed by atoms with Gasteiger partial charge in [-0.1, -0.05) is 13.0 Å². The third-order valence-electron chi connectivity index (χ3n) is 2.55. The first-order valence-electron chi connectivity index (χ1n) is 5.47. The van der Waals surface area contributed by atoms with Gasteiger partial charge in [0.1, 0.15) is 11.8 Å². The highest BCUT2D eigenvalue weighted by Crippen LogP contribution is 2.29. The van der Waals surface area contributed by atoms with Gasteiger partial charge in [-0.3, -0.25) is 0 Å². The molecule has 0 heterocycles. The van der Waals surface area contributed by atoms with Gasteiger partial charge in [-0.15, -0.1) is 0 Å².